The summed E-state index contributed by atoms with van der Waals surface area (Å²) in [5, 5.41) is 0. The number of hydrogen-bond donors (Lipinski definition) is 1. The van der Waals surface area contributed by atoms with Crippen molar-refractivity contribution in [2.75, 3.05) is 0 Å². The van der Waals surface area contributed by atoms with E-state index in [2.05, 4.69) is 4.98 Å². The van der Waals surface area contributed by atoms with Crippen LogP contribution in [0.2, 0.25) is 0 Å². The number of nitrogens with zero attached hydrogens (tertiary/aromatic N) is 1. The Bertz CT molecular complexity index is 372. The van der Waals surface area contributed by atoms with Crippen LogP contribution in [-0.4, -0.2) is 16.8 Å². The van der Waals surface area contributed by atoms with Crippen LogP contribution < -0.4 is 5.73 Å². The summed E-state index contributed by atoms with van der Waals surface area (Å²) in [4.78, 5) is 16.0. The molecule has 3 nitrogen and oxygen atoms in total. The molecule has 3 heteroatoms. The van der Waals surface area contributed by atoms with Crippen LogP contribution >= 0.6 is 0 Å². The third-order valence-corrected chi connectivity index (χ3v) is 3.26. The lowest BCUT2D eigenvalue weighted by molar-refractivity contribution is 0.0896. The van der Waals surface area contributed by atoms with Gasteiger partial charge in [-0.3, -0.25) is 9.78 Å². The van der Waals surface area contributed by atoms with Gasteiger partial charge in [0.2, 0.25) is 0 Å². The van der Waals surface area contributed by atoms with E-state index in [0.717, 1.165) is 18.4 Å². The van der Waals surface area contributed by atoms with Crippen molar-refractivity contribution in [1.29, 1.82) is 0 Å². The zero-order valence-corrected chi connectivity index (χ0v) is 8.94. The van der Waals surface area contributed by atoms with E-state index in [1.807, 2.05) is 13.0 Å². The van der Waals surface area contributed by atoms with E-state index in [4.69, 9.17) is 5.73 Å². The molecule has 1 heterocycles. The Morgan fingerprint density at radius 1 is 1.60 bits per heavy atom. The summed E-state index contributed by atoms with van der Waals surface area (Å²) in [6.07, 6.45) is 6.70. The van der Waals surface area contributed by atoms with Crippen molar-refractivity contribution in [2.24, 2.45) is 11.7 Å². The minimum absolute atomic E-state index is 0.0466. The second-order valence-corrected chi connectivity index (χ2v) is 4.27. The van der Waals surface area contributed by atoms with Gasteiger partial charge in [0, 0.05) is 18.0 Å². The number of aromatic nitrogens is 1. The number of pyridine rings is 1. The molecule has 0 radical (unpaired) electrons. The van der Waals surface area contributed by atoms with Crippen molar-refractivity contribution in [3.05, 3.63) is 29.6 Å². The van der Waals surface area contributed by atoms with Gasteiger partial charge in [0.05, 0.1) is 6.04 Å². The summed E-state index contributed by atoms with van der Waals surface area (Å²) in [7, 11) is 0. The molecule has 2 rings (SSSR count). The smallest absolute Gasteiger partial charge is 0.181 e. The fraction of sp³-hybridized carbons (Fsp3) is 0.500. The Kier molecular flexibility index (Phi) is 2.82. The fourth-order valence-electron chi connectivity index (χ4n) is 1.91. The highest BCUT2D eigenvalue weighted by Gasteiger charge is 2.30. The van der Waals surface area contributed by atoms with Gasteiger partial charge >= 0.3 is 0 Å². The molecule has 1 aliphatic rings. The third-order valence-electron chi connectivity index (χ3n) is 3.26. The fourth-order valence-corrected chi connectivity index (χ4v) is 1.91. The largest absolute Gasteiger partial charge is 0.321 e. The first-order valence-corrected chi connectivity index (χ1v) is 5.40. The number of hydrogen-bond acceptors (Lipinski definition) is 3. The summed E-state index contributed by atoms with van der Waals surface area (Å²) < 4.78 is 0. The van der Waals surface area contributed by atoms with Gasteiger partial charge in [0.25, 0.3) is 0 Å². The average Bonchev–Trinajstić information content (AvgIpc) is 2.15. The lowest BCUT2D eigenvalue weighted by Gasteiger charge is -2.30. The van der Waals surface area contributed by atoms with Crippen LogP contribution in [0, 0.1) is 12.8 Å². The lowest BCUT2D eigenvalue weighted by atomic mass is 9.77. The zero-order chi connectivity index (χ0) is 10.8. The molecule has 0 spiro atoms. The summed E-state index contributed by atoms with van der Waals surface area (Å²) in [5.74, 6) is 0.433. The van der Waals surface area contributed by atoms with E-state index in [1.54, 1.807) is 12.4 Å². The quantitative estimate of drug-likeness (QED) is 0.762. The van der Waals surface area contributed by atoms with Crippen LogP contribution in [-0.2, 0) is 0 Å². The maximum atomic E-state index is 12.0. The van der Waals surface area contributed by atoms with E-state index in [1.165, 1.54) is 6.42 Å². The lowest BCUT2D eigenvalue weighted by Crippen LogP contribution is -2.41. The number of carbonyl (C=O) groups is 1. The molecule has 15 heavy (non-hydrogen) atoms. The predicted octanol–water partition coefficient (Wildman–Crippen LogP) is 1.70. The SMILES string of the molecule is Cc1ccncc1C(=O)C(N)C1CCC1. The van der Waals surface area contributed by atoms with Crippen molar-refractivity contribution >= 4 is 5.78 Å². The molecule has 1 fully saturated rings. The second-order valence-electron chi connectivity index (χ2n) is 4.27. The van der Waals surface area contributed by atoms with E-state index in [-0.39, 0.29) is 11.8 Å². The van der Waals surface area contributed by atoms with Crippen LogP contribution in [0.3, 0.4) is 0 Å². The van der Waals surface area contributed by atoms with Gasteiger partial charge in [0.15, 0.2) is 5.78 Å². The van der Waals surface area contributed by atoms with E-state index in [9.17, 15) is 4.79 Å². The van der Waals surface area contributed by atoms with Crippen LogP contribution in [0.1, 0.15) is 35.2 Å². The second kappa shape index (κ2) is 4.11. The van der Waals surface area contributed by atoms with Gasteiger partial charge in [-0.2, -0.15) is 0 Å². The summed E-state index contributed by atoms with van der Waals surface area (Å²) >= 11 is 0. The number of Topliss-reactive ketones (excluding diaryl/α,β-unsaturated/α-hetero) is 1. The maximum absolute atomic E-state index is 12.0. The first-order valence-electron chi connectivity index (χ1n) is 5.40. The molecule has 2 N–H and O–H groups in total. The van der Waals surface area contributed by atoms with Crippen LogP contribution in [0.5, 0.6) is 0 Å². The molecular weight excluding hydrogens is 188 g/mol. The Labute approximate surface area is 89.7 Å². The minimum atomic E-state index is -0.332. The molecule has 0 amide bonds. The highest BCUT2D eigenvalue weighted by atomic mass is 16.1. The van der Waals surface area contributed by atoms with Crippen molar-refractivity contribution in [2.45, 2.75) is 32.2 Å². The Morgan fingerprint density at radius 3 is 2.87 bits per heavy atom. The number of ketones is 1. The third kappa shape index (κ3) is 1.92. The maximum Gasteiger partial charge on any atom is 0.181 e. The Balaban J connectivity index is 2.16. The van der Waals surface area contributed by atoms with Crippen molar-refractivity contribution in [3.63, 3.8) is 0 Å². The van der Waals surface area contributed by atoms with Crippen molar-refractivity contribution < 1.29 is 4.79 Å². The average molecular weight is 204 g/mol. The number of rotatable bonds is 3. The van der Waals surface area contributed by atoms with Gasteiger partial charge in [-0.1, -0.05) is 6.42 Å². The molecule has 0 bridgehead atoms. The van der Waals surface area contributed by atoms with Crippen LogP contribution in [0.15, 0.2) is 18.5 Å². The van der Waals surface area contributed by atoms with Crippen LogP contribution in [0.4, 0.5) is 0 Å². The van der Waals surface area contributed by atoms with E-state index in [0.29, 0.717) is 11.5 Å². The molecule has 1 aliphatic carbocycles. The molecule has 1 atom stereocenters. The number of carbonyl (C=O) groups excluding carboxylic acids is 1. The Hall–Kier alpha value is -1.22. The van der Waals surface area contributed by atoms with Crippen LogP contribution in [0.25, 0.3) is 0 Å². The number of nitrogens with two attached hydrogens (primary N) is 1. The standard InChI is InChI=1S/C12H16N2O/c1-8-5-6-14-7-10(8)12(15)11(13)9-3-2-4-9/h5-7,9,11H,2-4,13H2,1H3. The molecule has 0 saturated heterocycles. The predicted molar refractivity (Wildman–Crippen MR) is 58.6 cm³/mol. The first kappa shape index (κ1) is 10.3. The van der Waals surface area contributed by atoms with Gasteiger partial charge in [-0.05, 0) is 37.3 Å². The molecule has 1 aromatic rings. The zero-order valence-electron chi connectivity index (χ0n) is 8.94. The van der Waals surface area contributed by atoms with E-state index < -0.39 is 0 Å². The molecule has 80 valence electrons. The normalized spacial score (nSPS) is 18.3. The monoisotopic (exact) mass is 204 g/mol. The molecular formula is C12H16N2O. The molecule has 1 aromatic heterocycles. The summed E-state index contributed by atoms with van der Waals surface area (Å²) in [6, 6.07) is 1.52. The van der Waals surface area contributed by atoms with Crippen molar-refractivity contribution in [3.8, 4) is 0 Å². The van der Waals surface area contributed by atoms with Gasteiger partial charge < -0.3 is 5.73 Å². The molecule has 0 aromatic carbocycles. The molecule has 1 saturated carbocycles. The van der Waals surface area contributed by atoms with Gasteiger partial charge in [0.1, 0.15) is 0 Å². The summed E-state index contributed by atoms with van der Waals surface area (Å²) in [6.45, 7) is 1.92. The summed E-state index contributed by atoms with van der Waals surface area (Å²) in [5.41, 5.74) is 7.59. The van der Waals surface area contributed by atoms with E-state index >= 15 is 0 Å². The molecule has 0 aliphatic heterocycles. The minimum Gasteiger partial charge on any atom is -0.321 e. The topological polar surface area (TPSA) is 56.0 Å². The van der Waals surface area contributed by atoms with Gasteiger partial charge in [-0.15, -0.1) is 0 Å². The van der Waals surface area contributed by atoms with Crippen molar-refractivity contribution in [1.82, 2.24) is 4.98 Å². The Morgan fingerprint density at radius 2 is 2.33 bits per heavy atom. The highest BCUT2D eigenvalue weighted by molar-refractivity contribution is 6.01. The van der Waals surface area contributed by atoms with Gasteiger partial charge in [-0.25, -0.2) is 0 Å². The number of aryl methyl sites for hydroxylation is 1. The molecule has 1 unspecified atom stereocenters. The highest BCUT2D eigenvalue weighted by Crippen LogP contribution is 2.30. The first-order chi connectivity index (χ1) is 7.20.